The molecule has 0 aromatic carbocycles. The number of piperazine rings is 1. The van der Waals surface area contributed by atoms with E-state index >= 15 is 0 Å². The fourth-order valence-corrected chi connectivity index (χ4v) is 2.20. The summed E-state index contributed by atoms with van der Waals surface area (Å²) in [5, 5.41) is 6.27. The second-order valence-corrected chi connectivity index (χ2v) is 4.83. The molecule has 2 atom stereocenters. The first kappa shape index (κ1) is 13.1. The third kappa shape index (κ3) is 3.34. The Morgan fingerprint density at radius 2 is 2.56 bits per heavy atom. The lowest BCUT2D eigenvalue weighted by molar-refractivity contribution is -0.123. The van der Waals surface area contributed by atoms with Crippen molar-refractivity contribution in [1.29, 1.82) is 0 Å². The fourth-order valence-electron chi connectivity index (χ4n) is 2.20. The van der Waals surface area contributed by atoms with Crippen LogP contribution in [0.25, 0.3) is 0 Å². The molecule has 2 heterocycles. The Bertz CT molecular complexity index is 378. The van der Waals surface area contributed by atoms with Crippen molar-refractivity contribution in [3.63, 3.8) is 0 Å². The lowest BCUT2D eigenvalue weighted by atomic mass is 10.2. The Hall–Kier alpha value is -1.33. The number of carbonyl (C=O) groups excluding carboxylic acids is 1. The van der Waals surface area contributed by atoms with Crippen molar-refractivity contribution >= 4 is 5.91 Å². The summed E-state index contributed by atoms with van der Waals surface area (Å²) in [6.07, 6.45) is 1.62. The molecule has 0 bridgehead atoms. The van der Waals surface area contributed by atoms with Crippen LogP contribution in [0.3, 0.4) is 0 Å². The van der Waals surface area contributed by atoms with Gasteiger partial charge in [0.15, 0.2) is 0 Å². The topological polar surface area (TPSA) is 57.5 Å². The molecule has 1 fully saturated rings. The van der Waals surface area contributed by atoms with Gasteiger partial charge in [0.05, 0.1) is 18.8 Å². The van der Waals surface area contributed by atoms with Crippen LogP contribution in [0.5, 0.6) is 0 Å². The van der Waals surface area contributed by atoms with Gasteiger partial charge in [0.25, 0.3) is 0 Å². The smallest absolute Gasteiger partial charge is 0.234 e. The molecule has 1 aliphatic rings. The van der Waals surface area contributed by atoms with Crippen LogP contribution in [0.2, 0.25) is 0 Å². The molecule has 0 aliphatic carbocycles. The van der Waals surface area contributed by atoms with Crippen LogP contribution < -0.4 is 10.6 Å². The van der Waals surface area contributed by atoms with Gasteiger partial charge in [0, 0.05) is 25.7 Å². The van der Waals surface area contributed by atoms with Gasteiger partial charge >= 0.3 is 0 Å². The van der Waals surface area contributed by atoms with Gasteiger partial charge in [-0.2, -0.15) is 0 Å². The average molecular weight is 251 g/mol. The Balaban J connectivity index is 1.81. The van der Waals surface area contributed by atoms with Crippen LogP contribution in [0.4, 0.5) is 0 Å². The minimum atomic E-state index is -0.0780. The minimum absolute atomic E-state index is 0.0488. The van der Waals surface area contributed by atoms with E-state index in [2.05, 4.69) is 22.5 Å². The van der Waals surface area contributed by atoms with Crippen molar-refractivity contribution in [2.75, 3.05) is 26.2 Å². The summed E-state index contributed by atoms with van der Waals surface area (Å²) in [5.74, 6) is 0.837. The molecule has 1 aromatic rings. The van der Waals surface area contributed by atoms with Crippen LogP contribution in [-0.2, 0) is 4.79 Å². The maximum atomic E-state index is 11.9. The third-order valence-corrected chi connectivity index (χ3v) is 3.33. The molecule has 0 saturated carbocycles. The Morgan fingerprint density at radius 3 is 3.22 bits per heavy atom. The quantitative estimate of drug-likeness (QED) is 0.829. The zero-order chi connectivity index (χ0) is 13.0. The maximum absolute atomic E-state index is 11.9. The summed E-state index contributed by atoms with van der Waals surface area (Å²) in [7, 11) is 0. The molecule has 1 amide bonds. The van der Waals surface area contributed by atoms with Crippen molar-refractivity contribution in [1.82, 2.24) is 15.5 Å². The first-order valence-corrected chi connectivity index (χ1v) is 6.44. The van der Waals surface area contributed by atoms with Crippen LogP contribution in [-0.4, -0.2) is 43.0 Å². The summed E-state index contributed by atoms with van der Waals surface area (Å²) < 4.78 is 5.27. The molecular weight excluding hydrogens is 230 g/mol. The van der Waals surface area contributed by atoms with E-state index in [1.807, 2.05) is 19.1 Å². The molecule has 5 nitrogen and oxygen atoms in total. The number of hydrogen-bond acceptors (Lipinski definition) is 4. The molecule has 1 unspecified atom stereocenters. The summed E-state index contributed by atoms with van der Waals surface area (Å²) in [6, 6.07) is 4.03. The van der Waals surface area contributed by atoms with Gasteiger partial charge in [-0.1, -0.05) is 0 Å². The minimum Gasteiger partial charge on any atom is -0.467 e. The molecule has 100 valence electrons. The molecular formula is C13H21N3O2. The van der Waals surface area contributed by atoms with Crippen molar-refractivity contribution in [3.8, 4) is 0 Å². The van der Waals surface area contributed by atoms with E-state index in [4.69, 9.17) is 4.42 Å². The standard InChI is InChI=1S/C13H21N3O2/c1-10-8-14-5-6-16(10)9-13(17)15-11(2)12-4-3-7-18-12/h3-4,7,10-11,14H,5-6,8-9H2,1-2H3,(H,15,17)/t10-,11?/m0/s1. The molecule has 1 aliphatic heterocycles. The van der Waals surface area contributed by atoms with Crippen molar-refractivity contribution in [2.24, 2.45) is 0 Å². The molecule has 1 aromatic heterocycles. The summed E-state index contributed by atoms with van der Waals surface area (Å²) in [5.41, 5.74) is 0. The van der Waals surface area contributed by atoms with E-state index in [1.54, 1.807) is 6.26 Å². The summed E-state index contributed by atoms with van der Waals surface area (Å²) in [4.78, 5) is 14.1. The normalized spacial score (nSPS) is 22.7. The number of furan rings is 1. The molecule has 1 saturated heterocycles. The average Bonchev–Trinajstić information content (AvgIpc) is 2.85. The largest absolute Gasteiger partial charge is 0.467 e. The number of nitrogens with zero attached hydrogens (tertiary/aromatic N) is 1. The highest BCUT2D eigenvalue weighted by molar-refractivity contribution is 5.78. The van der Waals surface area contributed by atoms with Gasteiger partial charge in [0.1, 0.15) is 5.76 Å². The van der Waals surface area contributed by atoms with E-state index in [1.165, 1.54) is 0 Å². The Kier molecular flexibility index (Phi) is 4.38. The number of nitrogens with one attached hydrogen (secondary N) is 2. The van der Waals surface area contributed by atoms with E-state index in [-0.39, 0.29) is 11.9 Å². The lowest BCUT2D eigenvalue weighted by Crippen LogP contribution is -2.52. The Morgan fingerprint density at radius 1 is 1.72 bits per heavy atom. The first-order chi connectivity index (χ1) is 8.66. The van der Waals surface area contributed by atoms with Crippen molar-refractivity contribution in [3.05, 3.63) is 24.2 Å². The second kappa shape index (κ2) is 6.02. The SMILES string of the molecule is CC(NC(=O)CN1CCNC[C@@H]1C)c1ccco1. The van der Waals surface area contributed by atoms with Gasteiger partial charge in [-0.05, 0) is 26.0 Å². The van der Waals surface area contributed by atoms with Crippen LogP contribution in [0.15, 0.2) is 22.8 Å². The van der Waals surface area contributed by atoms with E-state index in [9.17, 15) is 4.79 Å². The number of carbonyl (C=O) groups is 1. The monoisotopic (exact) mass is 251 g/mol. The van der Waals surface area contributed by atoms with Gasteiger partial charge in [-0.3, -0.25) is 9.69 Å². The van der Waals surface area contributed by atoms with Gasteiger partial charge in [0.2, 0.25) is 5.91 Å². The summed E-state index contributed by atoms with van der Waals surface area (Å²) >= 11 is 0. The third-order valence-electron chi connectivity index (χ3n) is 3.33. The van der Waals surface area contributed by atoms with Crippen molar-refractivity contribution < 1.29 is 9.21 Å². The predicted molar refractivity (Wildman–Crippen MR) is 69.2 cm³/mol. The molecule has 18 heavy (non-hydrogen) atoms. The zero-order valence-corrected chi connectivity index (χ0v) is 11.0. The van der Waals surface area contributed by atoms with E-state index in [0.29, 0.717) is 12.6 Å². The van der Waals surface area contributed by atoms with Gasteiger partial charge in [-0.25, -0.2) is 0 Å². The van der Waals surface area contributed by atoms with E-state index < -0.39 is 0 Å². The highest BCUT2D eigenvalue weighted by Crippen LogP contribution is 2.12. The highest BCUT2D eigenvalue weighted by Gasteiger charge is 2.21. The fraction of sp³-hybridized carbons (Fsp3) is 0.615. The van der Waals surface area contributed by atoms with Crippen LogP contribution in [0.1, 0.15) is 25.6 Å². The Labute approximate surface area is 108 Å². The molecule has 0 radical (unpaired) electrons. The number of hydrogen-bond donors (Lipinski definition) is 2. The lowest BCUT2D eigenvalue weighted by Gasteiger charge is -2.33. The summed E-state index contributed by atoms with van der Waals surface area (Å²) in [6.45, 7) is 7.33. The van der Waals surface area contributed by atoms with E-state index in [0.717, 1.165) is 25.4 Å². The second-order valence-electron chi connectivity index (χ2n) is 4.83. The number of rotatable bonds is 4. The molecule has 0 spiro atoms. The highest BCUT2D eigenvalue weighted by atomic mass is 16.3. The zero-order valence-electron chi connectivity index (χ0n) is 11.0. The molecule has 5 heteroatoms. The van der Waals surface area contributed by atoms with Crippen LogP contribution >= 0.6 is 0 Å². The molecule has 2 rings (SSSR count). The van der Waals surface area contributed by atoms with Crippen molar-refractivity contribution in [2.45, 2.75) is 25.9 Å². The number of amides is 1. The van der Waals surface area contributed by atoms with Gasteiger partial charge < -0.3 is 15.1 Å². The maximum Gasteiger partial charge on any atom is 0.234 e. The predicted octanol–water partition coefficient (Wildman–Crippen LogP) is 0.750. The van der Waals surface area contributed by atoms with Crippen LogP contribution in [0, 0.1) is 0 Å². The first-order valence-electron chi connectivity index (χ1n) is 6.44. The molecule has 2 N–H and O–H groups in total. The van der Waals surface area contributed by atoms with Gasteiger partial charge in [-0.15, -0.1) is 0 Å².